The molecule has 1 saturated heterocycles. The van der Waals surface area contributed by atoms with E-state index in [1.54, 1.807) is 0 Å². The number of nitrogens with zero attached hydrogens (tertiary/aromatic N) is 2. The van der Waals surface area contributed by atoms with E-state index >= 15 is 0 Å². The van der Waals surface area contributed by atoms with Crippen molar-refractivity contribution in [2.45, 2.75) is 50.5 Å². The number of β-amino-alcohol motifs (C(OH)–C–C–N with tert-alkyl or cyclic N) is 1. The first kappa shape index (κ1) is 36.6. The number of nitrogens with one attached hydrogen (secondary N) is 1. The van der Waals surface area contributed by atoms with Crippen molar-refractivity contribution >= 4 is 23.3 Å². The molecule has 2 unspecified atom stereocenters. The van der Waals surface area contributed by atoms with Gasteiger partial charge in [-0.05, 0) is 112 Å². The first-order valence-corrected chi connectivity index (χ1v) is 19.6. The maximum atomic E-state index is 14.6. The molecule has 8 rings (SSSR count). The number of aliphatic hydroxyl groups is 1. The second kappa shape index (κ2) is 16.1. The monoisotopic (exact) mass is 732 g/mol. The van der Waals surface area contributed by atoms with Crippen LogP contribution >= 0.6 is 0 Å². The normalized spacial score (nSPS) is 17.8. The van der Waals surface area contributed by atoms with Gasteiger partial charge in [-0.3, -0.25) is 19.3 Å². The van der Waals surface area contributed by atoms with Gasteiger partial charge in [-0.15, -0.1) is 0 Å². The van der Waals surface area contributed by atoms with Gasteiger partial charge in [0.25, 0.3) is 5.91 Å². The third kappa shape index (κ3) is 7.50. The number of ketones is 1. The van der Waals surface area contributed by atoms with Gasteiger partial charge >= 0.3 is 0 Å². The smallest absolute Gasteiger partial charge is 0.256 e. The Balaban J connectivity index is 1.03. The molecule has 2 atom stereocenters. The van der Waals surface area contributed by atoms with Gasteiger partial charge in [0.05, 0.1) is 12.5 Å². The number of hydrogen-bond donors (Lipinski definition) is 3. The quantitative estimate of drug-likeness (QED) is 0.131. The number of carbonyl (C=O) groups is 3. The van der Waals surface area contributed by atoms with E-state index in [2.05, 4.69) is 40.5 Å². The van der Waals surface area contributed by atoms with Gasteiger partial charge in [0.1, 0.15) is 0 Å². The van der Waals surface area contributed by atoms with Crippen molar-refractivity contribution in [2.24, 2.45) is 5.73 Å². The summed E-state index contributed by atoms with van der Waals surface area (Å²) in [5.41, 5.74) is 17.4. The van der Waals surface area contributed by atoms with Crippen LogP contribution in [0.2, 0.25) is 0 Å². The molecule has 280 valence electrons. The Morgan fingerprint density at radius 2 is 1.51 bits per heavy atom. The van der Waals surface area contributed by atoms with Crippen molar-refractivity contribution in [1.82, 2.24) is 9.80 Å². The highest BCUT2D eigenvalue weighted by Crippen LogP contribution is 2.47. The molecule has 55 heavy (non-hydrogen) atoms. The highest BCUT2D eigenvalue weighted by atomic mass is 16.3. The van der Waals surface area contributed by atoms with E-state index in [0.29, 0.717) is 55.8 Å². The van der Waals surface area contributed by atoms with Crippen molar-refractivity contribution in [2.75, 3.05) is 44.6 Å². The molecule has 2 aliphatic carbocycles. The van der Waals surface area contributed by atoms with Crippen molar-refractivity contribution in [3.63, 3.8) is 0 Å². The van der Waals surface area contributed by atoms with Crippen LogP contribution < -0.4 is 11.1 Å². The summed E-state index contributed by atoms with van der Waals surface area (Å²) in [5.74, 6) is -0.213. The molecule has 1 heterocycles. The third-order valence-electron chi connectivity index (χ3n) is 11.9. The molecule has 0 saturated carbocycles. The van der Waals surface area contributed by atoms with Gasteiger partial charge in [0, 0.05) is 62.5 Å². The first-order valence-electron chi connectivity index (χ1n) is 19.6. The number of fused-ring (bicyclic) bond motifs is 5. The van der Waals surface area contributed by atoms with Crippen LogP contribution in [0.15, 0.2) is 109 Å². The highest BCUT2D eigenvalue weighted by molar-refractivity contribution is 6.09. The number of Topliss-reactive ketones (excluding diaryl/α,β-unsaturated/α-hetero) is 1. The lowest BCUT2D eigenvalue weighted by Gasteiger charge is -2.37. The average molecular weight is 733 g/mol. The van der Waals surface area contributed by atoms with Crippen LogP contribution in [0, 0.1) is 0 Å². The summed E-state index contributed by atoms with van der Waals surface area (Å²) in [6.07, 6.45) is 3.90. The van der Waals surface area contributed by atoms with E-state index in [-0.39, 0.29) is 36.0 Å². The van der Waals surface area contributed by atoms with Crippen LogP contribution in [-0.4, -0.2) is 71.8 Å². The molecule has 0 bridgehead atoms. The Morgan fingerprint density at radius 3 is 2.25 bits per heavy atom. The Hall–Kier alpha value is -5.41. The molecule has 0 radical (unpaired) electrons. The van der Waals surface area contributed by atoms with Gasteiger partial charge in [-0.25, -0.2) is 0 Å². The number of rotatable bonds is 10. The van der Waals surface area contributed by atoms with Crippen LogP contribution in [0.5, 0.6) is 0 Å². The minimum Gasteiger partial charge on any atom is -0.395 e. The van der Waals surface area contributed by atoms with Gasteiger partial charge in [0.15, 0.2) is 5.78 Å². The molecule has 0 spiro atoms. The second-order valence-corrected chi connectivity index (χ2v) is 15.1. The highest BCUT2D eigenvalue weighted by Gasteiger charge is 2.36. The number of carbonyl (C=O) groups excluding carboxylic acids is 3. The fourth-order valence-electron chi connectivity index (χ4n) is 8.95. The van der Waals surface area contributed by atoms with Crippen LogP contribution in [0.1, 0.15) is 79.6 Å². The zero-order valence-corrected chi connectivity index (χ0v) is 31.2. The summed E-state index contributed by atoms with van der Waals surface area (Å²) in [6, 6.07) is 35.5. The van der Waals surface area contributed by atoms with Gasteiger partial charge in [0.2, 0.25) is 5.91 Å². The molecular weight excluding hydrogens is 685 g/mol. The second-order valence-electron chi connectivity index (χ2n) is 15.1. The minimum atomic E-state index is -0.355. The molecule has 2 amide bonds. The topological polar surface area (TPSA) is 116 Å². The number of hydrogen-bond acceptors (Lipinski definition) is 6. The maximum Gasteiger partial charge on any atom is 0.256 e. The predicted molar refractivity (Wildman–Crippen MR) is 217 cm³/mol. The number of anilines is 1. The van der Waals surface area contributed by atoms with Crippen molar-refractivity contribution in [3.05, 3.63) is 148 Å². The fraction of sp³-hybridized carbons (Fsp3) is 0.298. The summed E-state index contributed by atoms with van der Waals surface area (Å²) < 4.78 is 0. The van der Waals surface area contributed by atoms with Crippen LogP contribution in [0.3, 0.4) is 0 Å². The Kier molecular flexibility index (Phi) is 10.7. The van der Waals surface area contributed by atoms with Crippen LogP contribution in [-0.2, 0) is 24.2 Å². The maximum absolute atomic E-state index is 14.6. The summed E-state index contributed by atoms with van der Waals surface area (Å²) in [7, 11) is 0. The zero-order valence-electron chi connectivity index (χ0n) is 31.2. The lowest BCUT2D eigenvalue weighted by molar-refractivity contribution is -0.133. The number of piperazine rings is 1. The molecule has 1 aliphatic heterocycles. The number of aliphatic hydroxyl groups excluding tert-OH is 1. The Morgan fingerprint density at radius 1 is 0.782 bits per heavy atom. The standard InChI is InChI=1S/C47H48N4O4/c48-30-31-12-14-32(15-13-31)37-8-3-4-10-42(37)47(55)49-36-18-16-33(17-19-36)46(54)43-28-34-6-1-2-9-38(34)41-21-20-39-35(7-5-11-40(39)45(41)43)29-44(53)51-24-22-50(23-25-51)26-27-52/h1-4,6,8-10,12-21,35,43,52H,5,7,11,22-30,48H2,(H,49,55). The molecule has 8 nitrogen and oxygen atoms in total. The molecule has 8 heteroatoms. The largest absolute Gasteiger partial charge is 0.395 e. The van der Waals surface area contributed by atoms with E-state index in [0.717, 1.165) is 65.7 Å². The molecule has 5 aromatic carbocycles. The van der Waals surface area contributed by atoms with E-state index < -0.39 is 0 Å². The lowest BCUT2D eigenvalue weighted by Crippen LogP contribution is -2.49. The van der Waals surface area contributed by atoms with Crippen molar-refractivity contribution < 1.29 is 19.5 Å². The van der Waals surface area contributed by atoms with Gasteiger partial charge < -0.3 is 21.1 Å². The zero-order chi connectivity index (χ0) is 37.9. The van der Waals surface area contributed by atoms with Crippen LogP contribution in [0.4, 0.5) is 5.69 Å². The fourth-order valence-corrected chi connectivity index (χ4v) is 8.95. The first-order chi connectivity index (χ1) is 26.9. The third-order valence-corrected chi connectivity index (χ3v) is 11.9. The molecule has 0 aromatic heterocycles. The summed E-state index contributed by atoms with van der Waals surface area (Å²) in [6.45, 7) is 4.20. The number of benzene rings is 5. The molecule has 4 N–H and O–H groups in total. The Bertz CT molecular complexity index is 2210. The Labute approximate surface area is 323 Å². The van der Waals surface area contributed by atoms with Gasteiger partial charge in [-0.2, -0.15) is 0 Å². The summed E-state index contributed by atoms with van der Waals surface area (Å²) in [5, 5.41) is 12.4. The number of nitrogens with two attached hydrogens (primary N) is 1. The predicted octanol–water partition coefficient (Wildman–Crippen LogP) is 7.20. The van der Waals surface area contributed by atoms with Gasteiger partial charge in [-0.1, -0.05) is 78.9 Å². The van der Waals surface area contributed by atoms with Crippen molar-refractivity contribution in [1.29, 1.82) is 0 Å². The van der Waals surface area contributed by atoms with E-state index in [4.69, 9.17) is 5.73 Å². The SMILES string of the molecule is NCc1ccc(-c2ccccc2C(=O)Nc2ccc(C(=O)C3Cc4ccccc4-c4ccc5c(c43)CCCC5CC(=O)N3CCN(CCO)CC3)cc2)cc1. The molecular formula is C47H48N4O4. The minimum absolute atomic E-state index is 0.0623. The summed E-state index contributed by atoms with van der Waals surface area (Å²) >= 11 is 0. The average Bonchev–Trinajstić information content (AvgIpc) is 3.23. The molecule has 1 fully saturated rings. The van der Waals surface area contributed by atoms with Crippen LogP contribution in [0.25, 0.3) is 22.3 Å². The van der Waals surface area contributed by atoms with Crippen molar-refractivity contribution in [3.8, 4) is 22.3 Å². The lowest BCUT2D eigenvalue weighted by atomic mass is 9.69. The molecule has 5 aromatic rings. The van der Waals surface area contributed by atoms with E-state index in [1.807, 2.05) is 83.8 Å². The summed E-state index contributed by atoms with van der Waals surface area (Å²) in [4.78, 5) is 46.0. The number of amides is 2. The molecule has 3 aliphatic rings. The van der Waals surface area contributed by atoms with E-state index in [9.17, 15) is 19.5 Å². The van der Waals surface area contributed by atoms with E-state index in [1.165, 1.54) is 16.7 Å².